The molecule has 6 rings (SSSR count). The molecule has 0 saturated carbocycles. The van der Waals surface area contributed by atoms with Crippen LogP contribution >= 0.6 is 0 Å². The smallest absolute Gasteiger partial charge is 0.408 e. The zero-order chi connectivity index (χ0) is 42.0. The fourth-order valence-electron chi connectivity index (χ4n) is 7.22. The molecular formula is C47H56N6O6. The number of aryl methyl sites for hydroxylation is 1. The van der Waals surface area contributed by atoms with E-state index in [-0.39, 0.29) is 24.9 Å². The SMILES string of the molecule is CC(C)(C)OC(=O)NC(C)(C)C(=O)N[C@H](COCc1ccccc1)C(=O)Nc1cn(C(C(=O)N2CCC(CCc3ccc4ccccc4c3)CC2)c2ccccc2)cn1. The van der Waals surface area contributed by atoms with E-state index in [1.54, 1.807) is 31.5 Å². The lowest BCUT2D eigenvalue weighted by molar-refractivity contribution is -0.135. The number of aromatic nitrogens is 2. The van der Waals surface area contributed by atoms with Crippen molar-refractivity contribution in [1.82, 2.24) is 25.1 Å². The van der Waals surface area contributed by atoms with Crippen LogP contribution in [0.5, 0.6) is 0 Å². The fraction of sp³-hybridized carbons (Fsp3) is 0.383. The van der Waals surface area contributed by atoms with Crippen molar-refractivity contribution in [3.05, 3.63) is 132 Å². The van der Waals surface area contributed by atoms with Gasteiger partial charge in [0.05, 0.1) is 19.5 Å². The summed E-state index contributed by atoms with van der Waals surface area (Å²) in [6, 6.07) is 32.2. The minimum atomic E-state index is -1.43. The molecule has 1 fully saturated rings. The molecule has 1 aromatic heterocycles. The Labute approximate surface area is 346 Å². The number of likely N-dealkylation sites (tertiary alicyclic amines) is 1. The van der Waals surface area contributed by atoms with Gasteiger partial charge in [0.1, 0.15) is 23.2 Å². The second-order valence-corrected chi connectivity index (χ2v) is 16.8. The normalized spacial score (nSPS) is 14.6. The zero-order valence-corrected chi connectivity index (χ0v) is 34.6. The van der Waals surface area contributed by atoms with Gasteiger partial charge in [-0.2, -0.15) is 0 Å². The van der Waals surface area contributed by atoms with Crippen LogP contribution in [0.4, 0.5) is 10.6 Å². The first-order valence-electron chi connectivity index (χ1n) is 20.3. The molecule has 3 N–H and O–H groups in total. The summed E-state index contributed by atoms with van der Waals surface area (Å²) in [5.74, 6) is -0.523. The van der Waals surface area contributed by atoms with E-state index in [2.05, 4.69) is 63.4 Å². The third kappa shape index (κ3) is 12.0. The monoisotopic (exact) mass is 800 g/mol. The number of benzene rings is 4. The summed E-state index contributed by atoms with van der Waals surface area (Å²) in [6.45, 7) is 9.56. The maximum atomic E-state index is 14.3. The Morgan fingerprint density at radius 2 is 1.47 bits per heavy atom. The summed E-state index contributed by atoms with van der Waals surface area (Å²) < 4.78 is 13.0. The number of alkyl carbamates (subject to hydrolysis) is 1. The van der Waals surface area contributed by atoms with Crippen molar-refractivity contribution in [2.75, 3.05) is 25.0 Å². The van der Waals surface area contributed by atoms with Crippen molar-refractivity contribution >= 4 is 40.4 Å². The Balaban J connectivity index is 1.11. The Morgan fingerprint density at radius 3 is 2.17 bits per heavy atom. The summed E-state index contributed by atoms with van der Waals surface area (Å²) in [5.41, 5.74) is 0.822. The van der Waals surface area contributed by atoms with E-state index >= 15 is 0 Å². The van der Waals surface area contributed by atoms with Gasteiger partial charge < -0.3 is 34.9 Å². The Hall–Kier alpha value is -6.01. The minimum absolute atomic E-state index is 0.0429. The summed E-state index contributed by atoms with van der Waals surface area (Å²) >= 11 is 0. The number of imidazole rings is 1. The van der Waals surface area contributed by atoms with E-state index in [1.165, 1.54) is 36.5 Å². The first-order chi connectivity index (χ1) is 28.2. The molecule has 12 nitrogen and oxygen atoms in total. The molecule has 5 aromatic rings. The molecule has 0 radical (unpaired) electrons. The van der Waals surface area contributed by atoms with Crippen molar-refractivity contribution in [2.45, 2.75) is 90.1 Å². The van der Waals surface area contributed by atoms with Crippen molar-refractivity contribution in [2.24, 2.45) is 5.92 Å². The zero-order valence-electron chi connectivity index (χ0n) is 34.6. The molecule has 59 heavy (non-hydrogen) atoms. The number of fused-ring (bicyclic) bond motifs is 1. The predicted molar refractivity (Wildman–Crippen MR) is 228 cm³/mol. The van der Waals surface area contributed by atoms with Crippen molar-refractivity contribution in [1.29, 1.82) is 0 Å². The maximum absolute atomic E-state index is 14.3. The van der Waals surface area contributed by atoms with Gasteiger partial charge in [-0.05, 0) is 93.7 Å². The van der Waals surface area contributed by atoms with Gasteiger partial charge >= 0.3 is 6.09 Å². The average Bonchev–Trinajstić information content (AvgIpc) is 3.67. The van der Waals surface area contributed by atoms with E-state index in [0.29, 0.717) is 19.0 Å². The number of amides is 4. The number of rotatable bonds is 15. The lowest BCUT2D eigenvalue weighted by Crippen LogP contribution is -2.59. The molecule has 1 aliphatic heterocycles. The number of hydrogen-bond acceptors (Lipinski definition) is 7. The predicted octanol–water partition coefficient (Wildman–Crippen LogP) is 7.44. The van der Waals surface area contributed by atoms with Gasteiger partial charge in [-0.15, -0.1) is 0 Å². The van der Waals surface area contributed by atoms with E-state index in [1.807, 2.05) is 65.6 Å². The highest BCUT2D eigenvalue weighted by Gasteiger charge is 2.35. The summed E-state index contributed by atoms with van der Waals surface area (Å²) in [5, 5.41) is 10.6. The van der Waals surface area contributed by atoms with Crippen LogP contribution in [0.2, 0.25) is 0 Å². The number of anilines is 1. The standard InChI is InChI=1S/C47H56N6O6/c1-46(2,3)59-45(57)51-47(4,5)44(56)49-39(31-58-30-35-14-8-6-9-15-35)42(54)50-40-29-53(32-48-40)41(37-17-10-7-11-18-37)43(55)52-26-24-33(25-27-52)20-21-34-22-23-36-16-12-13-19-38(36)28-34/h6-19,22-23,28-29,32-33,39,41H,20-21,24-27,30-31H2,1-5H3,(H,49,56)(H,50,54)(H,51,57)/t39-,41?/m1/s1. The molecule has 2 heterocycles. The highest BCUT2D eigenvalue weighted by atomic mass is 16.6. The highest BCUT2D eigenvalue weighted by molar-refractivity contribution is 5.98. The molecule has 0 aliphatic carbocycles. The number of carbonyl (C=O) groups is 4. The topological polar surface area (TPSA) is 144 Å². The quantitative estimate of drug-likeness (QED) is 0.0999. The van der Waals surface area contributed by atoms with Crippen LogP contribution in [0.3, 0.4) is 0 Å². The van der Waals surface area contributed by atoms with E-state index < -0.39 is 41.1 Å². The molecular weight excluding hydrogens is 745 g/mol. The van der Waals surface area contributed by atoms with Gasteiger partial charge in [-0.1, -0.05) is 103 Å². The lowest BCUT2D eigenvalue weighted by atomic mass is 9.89. The Kier molecular flexibility index (Phi) is 13.8. The lowest BCUT2D eigenvalue weighted by Gasteiger charge is -2.34. The number of nitrogens with one attached hydrogen (secondary N) is 3. The molecule has 1 unspecified atom stereocenters. The minimum Gasteiger partial charge on any atom is -0.444 e. The first-order valence-corrected chi connectivity index (χ1v) is 20.3. The number of carbonyl (C=O) groups excluding carboxylic acids is 4. The van der Waals surface area contributed by atoms with Crippen LogP contribution in [0, 0.1) is 5.92 Å². The Bertz CT molecular complexity index is 2190. The maximum Gasteiger partial charge on any atom is 0.408 e. The largest absolute Gasteiger partial charge is 0.444 e. The second-order valence-electron chi connectivity index (χ2n) is 16.8. The van der Waals surface area contributed by atoms with Crippen molar-refractivity contribution in [3.63, 3.8) is 0 Å². The number of nitrogens with zero attached hydrogens (tertiary/aromatic N) is 3. The number of piperidine rings is 1. The van der Waals surface area contributed by atoms with Crippen LogP contribution < -0.4 is 16.0 Å². The van der Waals surface area contributed by atoms with Crippen LogP contribution in [-0.2, 0) is 36.9 Å². The third-order valence-corrected chi connectivity index (χ3v) is 10.5. The summed E-state index contributed by atoms with van der Waals surface area (Å²) in [4.78, 5) is 60.7. The molecule has 4 amide bonds. The van der Waals surface area contributed by atoms with Crippen LogP contribution in [-0.4, -0.2) is 75.1 Å². The van der Waals surface area contributed by atoms with Crippen LogP contribution in [0.15, 0.2) is 116 Å². The van der Waals surface area contributed by atoms with Gasteiger partial charge in [-0.25, -0.2) is 9.78 Å². The fourth-order valence-corrected chi connectivity index (χ4v) is 7.22. The van der Waals surface area contributed by atoms with Crippen molar-refractivity contribution < 1.29 is 28.7 Å². The molecule has 2 atom stereocenters. The van der Waals surface area contributed by atoms with Gasteiger partial charge in [0.2, 0.25) is 11.8 Å². The van der Waals surface area contributed by atoms with E-state index in [0.717, 1.165) is 36.8 Å². The van der Waals surface area contributed by atoms with Crippen molar-refractivity contribution in [3.8, 4) is 0 Å². The summed E-state index contributed by atoms with van der Waals surface area (Å²) in [6.07, 6.45) is 6.32. The first kappa shape index (κ1) is 42.6. The molecule has 0 bridgehead atoms. The molecule has 310 valence electrons. The molecule has 1 aliphatic rings. The highest BCUT2D eigenvalue weighted by Crippen LogP contribution is 2.28. The van der Waals surface area contributed by atoms with Crippen LogP contribution in [0.1, 0.15) is 76.6 Å². The second kappa shape index (κ2) is 19.2. The average molecular weight is 801 g/mol. The van der Waals surface area contributed by atoms with Gasteiger partial charge in [0, 0.05) is 19.3 Å². The van der Waals surface area contributed by atoms with Gasteiger partial charge in [0.15, 0.2) is 5.82 Å². The van der Waals surface area contributed by atoms with E-state index in [4.69, 9.17) is 9.47 Å². The molecule has 1 saturated heterocycles. The molecule has 12 heteroatoms. The molecule has 4 aromatic carbocycles. The van der Waals surface area contributed by atoms with E-state index in [9.17, 15) is 19.2 Å². The number of hydrogen-bond donors (Lipinski definition) is 3. The third-order valence-electron chi connectivity index (χ3n) is 10.5. The Morgan fingerprint density at radius 1 is 0.814 bits per heavy atom. The van der Waals surface area contributed by atoms with Crippen LogP contribution in [0.25, 0.3) is 10.8 Å². The molecule has 0 spiro atoms. The number of ether oxygens (including phenoxy) is 2. The van der Waals surface area contributed by atoms with Gasteiger partial charge in [-0.3, -0.25) is 14.4 Å². The summed E-state index contributed by atoms with van der Waals surface area (Å²) in [7, 11) is 0. The van der Waals surface area contributed by atoms with Gasteiger partial charge in [0.25, 0.3) is 5.91 Å².